The van der Waals surface area contributed by atoms with Gasteiger partial charge >= 0.3 is 5.97 Å². The Morgan fingerprint density at radius 2 is 2.11 bits per heavy atom. The number of aliphatic carboxylic acids is 1. The quantitative estimate of drug-likeness (QED) is 0.847. The summed E-state index contributed by atoms with van der Waals surface area (Å²) in [6.45, 7) is 2.95. The number of hydrogen-bond acceptors (Lipinski definition) is 3. The maximum atomic E-state index is 12.0. The normalized spacial score (nSPS) is 14.8. The molecule has 1 amide bonds. The van der Waals surface area contributed by atoms with Gasteiger partial charge in [-0.3, -0.25) is 9.59 Å². The average molecular weight is 263 g/mol. The second-order valence-corrected chi connectivity index (χ2v) is 4.78. The van der Waals surface area contributed by atoms with Crippen molar-refractivity contribution in [3.63, 3.8) is 0 Å². The Balaban J connectivity index is 1.94. The van der Waals surface area contributed by atoms with Gasteiger partial charge in [-0.25, -0.2) is 0 Å². The first-order chi connectivity index (χ1) is 9.06. The van der Waals surface area contributed by atoms with Crippen molar-refractivity contribution >= 4 is 11.9 Å². The average Bonchev–Trinajstić information content (AvgIpc) is 2.83. The summed E-state index contributed by atoms with van der Waals surface area (Å²) in [4.78, 5) is 22.5. The second-order valence-electron chi connectivity index (χ2n) is 4.78. The summed E-state index contributed by atoms with van der Waals surface area (Å²) in [6.07, 6.45) is 0.481. The number of amides is 1. The summed E-state index contributed by atoms with van der Waals surface area (Å²) in [5.74, 6) is -1.02. The third-order valence-corrected chi connectivity index (χ3v) is 3.15. The first kappa shape index (κ1) is 13.5. The molecule has 2 rings (SSSR count). The van der Waals surface area contributed by atoms with Crippen LogP contribution in [0.15, 0.2) is 18.2 Å². The predicted octanol–water partition coefficient (Wildman–Crippen LogP) is 1.70. The number of rotatable bonds is 5. The highest BCUT2D eigenvalue weighted by atomic mass is 16.5. The number of carbonyl (C=O) groups excluding carboxylic acids is 1. The molecule has 0 aromatic heterocycles. The SMILES string of the molecule is CC(CCC(=O)O)NC(=O)c1ccc2c(c1)COC2. The Morgan fingerprint density at radius 3 is 2.84 bits per heavy atom. The van der Waals surface area contributed by atoms with Gasteiger partial charge in [0.05, 0.1) is 13.2 Å². The van der Waals surface area contributed by atoms with E-state index in [0.717, 1.165) is 11.1 Å². The molecule has 0 spiro atoms. The van der Waals surface area contributed by atoms with Gasteiger partial charge in [0.25, 0.3) is 5.91 Å². The van der Waals surface area contributed by atoms with Gasteiger partial charge in [0.1, 0.15) is 0 Å². The highest BCUT2D eigenvalue weighted by Gasteiger charge is 2.15. The van der Waals surface area contributed by atoms with Crippen LogP contribution in [-0.4, -0.2) is 23.0 Å². The topological polar surface area (TPSA) is 75.6 Å². The Kier molecular flexibility index (Phi) is 4.16. The molecule has 1 atom stereocenters. The van der Waals surface area contributed by atoms with Crippen LogP contribution < -0.4 is 5.32 Å². The fraction of sp³-hybridized carbons (Fsp3) is 0.429. The third kappa shape index (κ3) is 3.54. The van der Waals surface area contributed by atoms with E-state index in [-0.39, 0.29) is 18.4 Å². The van der Waals surface area contributed by atoms with Crippen LogP contribution in [0.5, 0.6) is 0 Å². The van der Waals surface area contributed by atoms with Crippen LogP contribution in [0.4, 0.5) is 0 Å². The van der Waals surface area contributed by atoms with Crippen molar-refractivity contribution < 1.29 is 19.4 Å². The molecule has 1 aromatic carbocycles. The van der Waals surface area contributed by atoms with Gasteiger partial charge in [0.15, 0.2) is 0 Å². The van der Waals surface area contributed by atoms with Crippen molar-refractivity contribution in [2.24, 2.45) is 0 Å². The highest BCUT2D eigenvalue weighted by Crippen LogP contribution is 2.20. The first-order valence-corrected chi connectivity index (χ1v) is 6.28. The summed E-state index contributed by atoms with van der Waals surface area (Å²) in [5.41, 5.74) is 2.76. The van der Waals surface area contributed by atoms with Crippen molar-refractivity contribution in [1.82, 2.24) is 5.32 Å². The Bertz CT molecular complexity index is 498. The fourth-order valence-electron chi connectivity index (χ4n) is 2.03. The van der Waals surface area contributed by atoms with E-state index in [1.54, 1.807) is 13.0 Å². The number of carboxylic acids is 1. The van der Waals surface area contributed by atoms with Gasteiger partial charge in [-0.1, -0.05) is 6.07 Å². The molecule has 1 aliphatic rings. The van der Waals surface area contributed by atoms with E-state index < -0.39 is 5.97 Å². The van der Waals surface area contributed by atoms with Gasteiger partial charge in [0.2, 0.25) is 0 Å². The van der Waals surface area contributed by atoms with Crippen molar-refractivity contribution in [3.05, 3.63) is 34.9 Å². The van der Waals surface area contributed by atoms with Crippen molar-refractivity contribution in [2.45, 2.75) is 39.0 Å². The van der Waals surface area contributed by atoms with E-state index in [1.165, 1.54) is 0 Å². The van der Waals surface area contributed by atoms with Gasteiger partial charge in [-0.2, -0.15) is 0 Å². The lowest BCUT2D eigenvalue weighted by Crippen LogP contribution is -2.33. The maximum Gasteiger partial charge on any atom is 0.303 e. The summed E-state index contributed by atoms with van der Waals surface area (Å²) < 4.78 is 5.30. The maximum absolute atomic E-state index is 12.0. The van der Waals surface area contributed by atoms with Crippen LogP contribution in [0.2, 0.25) is 0 Å². The number of fused-ring (bicyclic) bond motifs is 1. The van der Waals surface area contributed by atoms with E-state index in [9.17, 15) is 9.59 Å². The molecule has 2 N–H and O–H groups in total. The van der Waals surface area contributed by atoms with Crippen LogP contribution in [0.3, 0.4) is 0 Å². The number of hydrogen-bond donors (Lipinski definition) is 2. The standard InChI is InChI=1S/C14H17NO4/c1-9(2-5-13(16)17)15-14(18)10-3-4-11-7-19-8-12(11)6-10/h3-4,6,9H,2,5,7-8H2,1H3,(H,15,18)(H,16,17). The molecule has 0 radical (unpaired) electrons. The van der Waals surface area contributed by atoms with Gasteiger partial charge < -0.3 is 15.2 Å². The number of ether oxygens (including phenoxy) is 1. The third-order valence-electron chi connectivity index (χ3n) is 3.15. The smallest absolute Gasteiger partial charge is 0.303 e. The van der Waals surface area contributed by atoms with Crippen molar-refractivity contribution in [2.75, 3.05) is 0 Å². The minimum atomic E-state index is -0.851. The monoisotopic (exact) mass is 263 g/mol. The highest BCUT2D eigenvalue weighted by molar-refractivity contribution is 5.94. The van der Waals surface area contributed by atoms with E-state index in [2.05, 4.69) is 5.32 Å². The minimum absolute atomic E-state index is 0.0550. The van der Waals surface area contributed by atoms with Crippen LogP contribution in [0, 0.1) is 0 Å². The molecular weight excluding hydrogens is 246 g/mol. The predicted molar refractivity (Wildman–Crippen MR) is 68.7 cm³/mol. The molecule has 5 nitrogen and oxygen atoms in total. The molecule has 0 bridgehead atoms. The lowest BCUT2D eigenvalue weighted by Gasteiger charge is -2.13. The van der Waals surface area contributed by atoms with Gasteiger partial charge in [-0.05, 0) is 36.6 Å². The van der Waals surface area contributed by atoms with Crippen LogP contribution >= 0.6 is 0 Å². The zero-order valence-electron chi connectivity index (χ0n) is 10.8. The molecule has 5 heteroatoms. The molecule has 1 unspecified atom stereocenters. The fourth-order valence-corrected chi connectivity index (χ4v) is 2.03. The summed E-state index contributed by atoms with van der Waals surface area (Å²) >= 11 is 0. The zero-order chi connectivity index (χ0) is 13.8. The summed E-state index contributed by atoms with van der Waals surface area (Å²) in [7, 11) is 0. The Hall–Kier alpha value is -1.88. The molecular formula is C14H17NO4. The lowest BCUT2D eigenvalue weighted by molar-refractivity contribution is -0.137. The number of nitrogens with one attached hydrogen (secondary N) is 1. The van der Waals surface area contributed by atoms with Gasteiger partial charge in [0, 0.05) is 18.0 Å². The van der Waals surface area contributed by atoms with E-state index in [1.807, 2.05) is 12.1 Å². The van der Waals surface area contributed by atoms with E-state index in [4.69, 9.17) is 9.84 Å². The number of benzene rings is 1. The number of carbonyl (C=O) groups is 2. The van der Waals surface area contributed by atoms with E-state index in [0.29, 0.717) is 25.2 Å². The molecule has 0 saturated carbocycles. The Morgan fingerprint density at radius 1 is 1.37 bits per heavy atom. The van der Waals surface area contributed by atoms with E-state index >= 15 is 0 Å². The Labute approximate surface area is 111 Å². The first-order valence-electron chi connectivity index (χ1n) is 6.28. The number of carboxylic acid groups (broad SMARTS) is 1. The van der Waals surface area contributed by atoms with Crippen LogP contribution in [-0.2, 0) is 22.7 Å². The molecule has 0 fully saturated rings. The van der Waals surface area contributed by atoms with Crippen molar-refractivity contribution in [1.29, 1.82) is 0 Å². The molecule has 1 aromatic rings. The zero-order valence-corrected chi connectivity index (χ0v) is 10.8. The summed E-state index contributed by atoms with van der Waals surface area (Å²) in [6, 6.07) is 5.35. The lowest BCUT2D eigenvalue weighted by atomic mass is 10.1. The molecule has 19 heavy (non-hydrogen) atoms. The second kappa shape index (κ2) is 5.84. The molecule has 0 aliphatic carbocycles. The molecule has 1 heterocycles. The van der Waals surface area contributed by atoms with Gasteiger partial charge in [-0.15, -0.1) is 0 Å². The molecule has 1 aliphatic heterocycles. The minimum Gasteiger partial charge on any atom is -0.481 e. The van der Waals surface area contributed by atoms with Crippen LogP contribution in [0.1, 0.15) is 41.3 Å². The molecule has 102 valence electrons. The van der Waals surface area contributed by atoms with Crippen LogP contribution in [0.25, 0.3) is 0 Å². The van der Waals surface area contributed by atoms with Crippen molar-refractivity contribution in [3.8, 4) is 0 Å². The molecule has 0 saturated heterocycles. The summed E-state index contributed by atoms with van der Waals surface area (Å²) in [5, 5.41) is 11.4. The largest absolute Gasteiger partial charge is 0.481 e.